The number of methoxy groups -OCH3 is 1. The summed E-state index contributed by atoms with van der Waals surface area (Å²) in [5.41, 5.74) is 1.83. The molecule has 0 saturated heterocycles. The second kappa shape index (κ2) is 4.97. The third-order valence-corrected chi connectivity index (χ3v) is 3.38. The number of hydrogen-bond donors (Lipinski definition) is 1. The molecule has 0 unspecified atom stereocenters. The van der Waals surface area contributed by atoms with Gasteiger partial charge < -0.3 is 9.15 Å². The zero-order chi connectivity index (χ0) is 14.1. The number of aryl methyl sites for hydroxylation is 1. The maximum absolute atomic E-state index is 5.33. The number of rotatable bonds is 3. The molecule has 0 atom stereocenters. The van der Waals surface area contributed by atoms with Crippen LogP contribution in [0, 0.1) is 11.7 Å². The van der Waals surface area contributed by atoms with Crippen LogP contribution in [0.2, 0.25) is 0 Å². The van der Waals surface area contributed by atoms with Gasteiger partial charge in [0, 0.05) is 0 Å². The van der Waals surface area contributed by atoms with Crippen LogP contribution in [0.3, 0.4) is 0 Å². The van der Waals surface area contributed by atoms with Crippen LogP contribution in [0.5, 0.6) is 5.75 Å². The fourth-order valence-corrected chi connectivity index (χ4v) is 2.30. The molecular weight excluding hydrogens is 274 g/mol. The van der Waals surface area contributed by atoms with Crippen molar-refractivity contribution in [1.29, 1.82) is 0 Å². The molecule has 20 heavy (non-hydrogen) atoms. The molecule has 0 aliphatic rings. The summed E-state index contributed by atoms with van der Waals surface area (Å²) in [5, 5.41) is 7.12. The van der Waals surface area contributed by atoms with Crippen LogP contribution in [-0.4, -0.2) is 21.9 Å². The highest BCUT2D eigenvalue weighted by Gasteiger charge is 2.14. The molecule has 102 valence electrons. The third-order valence-electron chi connectivity index (χ3n) is 3.10. The lowest BCUT2D eigenvalue weighted by Gasteiger charge is -2.07. The SMILES string of the molecule is COc1ccc(-n2c(-c3ccoc3C)n[nH]c2=S)cc1. The van der Waals surface area contributed by atoms with E-state index in [4.69, 9.17) is 21.4 Å². The van der Waals surface area contributed by atoms with Gasteiger partial charge in [0.25, 0.3) is 0 Å². The fraction of sp³-hybridized carbons (Fsp3) is 0.143. The molecule has 6 heteroatoms. The van der Waals surface area contributed by atoms with E-state index < -0.39 is 0 Å². The molecule has 2 aromatic heterocycles. The van der Waals surface area contributed by atoms with Crippen molar-refractivity contribution in [3.8, 4) is 22.8 Å². The van der Waals surface area contributed by atoms with E-state index in [0.29, 0.717) is 4.77 Å². The highest BCUT2D eigenvalue weighted by Crippen LogP contribution is 2.26. The van der Waals surface area contributed by atoms with Gasteiger partial charge in [0.1, 0.15) is 11.5 Å². The van der Waals surface area contributed by atoms with Crippen molar-refractivity contribution in [2.75, 3.05) is 7.11 Å². The average molecular weight is 287 g/mol. The van der Waals surface area contributed by atoms with Crippen LogP contribution >= 0.6 is 12.2 Å². The largest absolute Gasteiger partial charge is 0.497 e. The minimum Gasteiger partial charge on any atom is -0.497 e. The Balaban J connectivity index is 2.16. The van der Waals surface area contributed by atoms with Crippen molar-refractivity contribution in [2.24, 2.45) is 0 Å². The first kappa shape index (κ1) is 12.7. The van der Waals surface area contributed by atoms with Crippen LogP contribution in [0.1, 0.15) is 5.76 Å². The van der Waals surface area contributed by atoms with Crippen LogP contribution in [0.25, 0.3) is 17.1 Å². The lowest BCUT2D eigenvalue weighted by atomic mass is 10.2. The van der Waals surface area contributed by atoms with Crippen LogP contribution in [0.4, 0.5) is 0 Å². The summed E-state index contributed by atoms with van der Waals surface area (Å²) < 4.78 is 12.9. The van der Waals surface area contributed by atoms with Crippen molar-refractivity contribution in [1.82, 2.24) is 14.8 Å². The van der Waals surface area contributed by atoms with Gasteiger partial charge in [-0.3, -0.25) is 9.67 Å². The van der Waals surface area contributed by atoms with E-state index in [0.717, 1.165) is 28.6 Å². The van der Waals surface area contributed by atoms with E-state index in [9.17, 15) is 0 Å². The molecule has 1 N–H and O–H groups in total. The molecule has 0 radical (unpaired) electrons. The van der Waals surface area contributed by atoms with Gasteiger partial charge in [0.2, 0.25) is 0 Å². The zero-order valence-corrected chi connectivity index (χ0v) is 11.9. The molecule has 5 nitrogen and oxygen atoms in total. The Hall–Kier alpha value is -2.34. The molecule has 0 spiro atoms. The molecule has 0 fully saturated rings. The number of ether oxygens (including phenoxy) is 1. The smallest absolute Gasteiger partial charge is 0.200 e. The van der Waals surface area contributed by atoms with Crippen molar-refractivity contribution in [2.45, 2.75) is 6.92 Å². The molecule has 3 aromatic rings. The maximum atomic E-state index is 5.33. The van der Waals surface area contributed by atoms with E-state index in [2.05, 4.69) is 10.2 Å². The molecule has 0 aliphatic heterocycles. The summed E-state index contributed by atoms with van der Waals surface area (Å²) in [6.07, 6.45) is 1.64. The molecule has 3 rings (SSSR count). The quantitative estimate of drug-likeness (QED) is 0.749. The first-order valence-electron chi connectivity index (χ1n) is 6.07. The Kier molecular flexibility index (Phi) is 3.15. The van der Waals surface area contributed by atoms with E-state index in [1.54, 1.807) is 13.4 Å². The number of furan rings is 1. The Labute approximate surface area is 120 Å². The molecule has 0 bridgehead atoms. The highest BCUT2D eigenvalue weighted by molar-refractivity contribution is 7.71. The molecule has 0 saturated carbocycles. The first-order chi connectivity index (χ1) is 9.70. The first-order valence-corrected chi connectivity index (χ1v) is 6.48. The van der Waals surface area contributed by atoms with Crippen molar-refractivity contribution >= 4 is 12.2 Å². The van der Waals surface area contributed by atoms with Crippen LogP contribution < -0.4 is 4.74 Å². The molecule has 0 amide bonds. The lowest BCUT2D eigenvalue weighted by Crippen LogP contribution is -1.98. The van der Waals surface area contributed by atoms with Crippen molar-refractivity contribution in [3.05, 3.63) is 47.1 Å². The second-order valence-electron chi connectivity index (χ2n) is 4.28. The monoisotopic (exact) mass is 287 g/mol. The predicted molar refractivity (Wildman–Crippen MR) is 77.7 cm³/mol. The van der Waals surface area contributed by atoms with Gasteiger partial charge in [-0.1, -0.05) is 0 Å². The normalized spacial score (nSPS) is 10.7. The number of aromatic amines is 1. The van der Waals surface area contributed by atoms with E-state index in [1.807, 2.05) is 41.8 Å². The number of hydrogen-bond acceptors (Lipinski definition) is 4. The Morgan fingerprint density at radius 1 is 1.25 bits per heavy atom. The van der Waals surface area contributed by atoms with Crippen molar-refractivity contribution in [3.63, 3.8) is 0 Å². The fourth-order valence-electron chi connectivity index (χ4n) is 2.07. The van der Waals surface area contributed by atoms with Gasteiger partial charge in [-0.25, -0.2) is 0 Å². The van der Waals surface area contributed by atoms with Gasteiger partial charge in [-0.15, -0.1) is 0 Å². The van der Waals surface area contributed by atoms with Gasteiger partial charge in [0.15, 0.2) is 10.6 Å². The number of aromatic nitrogens is 3. The summed E-state index contributed by atoms with van der Waals surface area (Å²) in [5.74, 6) is 2.32. The average Bonchev–Trinajstić information content (AvgIpc) is 3.05. The Bertz CT molecular complexity index is 783. The summed E-state index contributed by atoms with van der Waals surface area (Å²) in [4.78, 5) is 0. The van der Waals surface area contributed by atoms with Gasteiger partial charge >= 0.3 is 0 Å². The van der Waals surface area contributed by atoms with Crippen molar-refractivity contribution < 1.29 is 9.15 Å². The Morgan fingerprint density at radius 2 is 2.00 bits per heavy atom. The number of nitrogens with zero attached hydrogens (tertiary/aromatic N) is 2. The van der Waals surface area contributed by atoms with Crippen LogP contribution in [0.15, 0.2) is 41.0 Å². The van der Waals surface area contributed by atoms with Gasteiger partial charge in [0.05, 0.1) is 24.6 Å². The number of benzene rings is 1. The molecular formula is C14H13N3O2S. The Morgan fingerprint density at radius 3 is 2.60 bits per heavy atom. The number of nitrogens with one attached hydrogen (secondary N) is 1. The van der Waals surface area contributed by atoms with Gasteiger partial charge in [-0.2, -0.15) is 5.10 Å². The minimum absolute atomic E-state index is 0.533. The standard InChI is InChI=1S/C14H13N3O2S/c1-9-12(7-8-19-9)13-15-16-14(20)17(13)10-3-5-11(18-2)6-4-10/h3-8H,1-2H3,(H,16,20). The summed E-state index contributed by atoms with van der Waals surface area (Å²) in [7, 11) is 1.64. The molecule has 0 aliphatic carbocycles. The third kappa shape index (κ3) is 2.04. The van der Waals surface area contributed by atoms with E-state index in [1.165, 1.54) is 0 Å². The summed E-state index contributed by atoms with van der Waals surface area (Å²) >= 11 is 5.32. The second-order valence-corrected chi connectivity index (χ2v) is 4.66. The lowest BCUT2D eigenvalue weighted by molar-refractivity contribution is 0.414. The topological polar surface area (TPSA) is 56.0 Å². The maximum Gasteiger partial charge on any atom is 0.200 e. The number of H-pyrrole nitrogens is 1. The minimum atomic E-state index is 0.533. The summed E-state index contributed by atoms with van der Waals surface area (Å²) in [6, 6.07) is 9.51. The molecule has 1 aromatic carbocycles. The highest BCUT2D eigenvalue weighted by atomic mass is 32.1. The van der Waals surface area contributed by atoms with E-state index in [-0.39, 0.29) is 0 Å². The zero-order valence-electron chi connectivity index (χ0n) is 11.1. The molecule has 2 heterocycles. The summed E-state index contributed by atoms with van der Waals surface area (Å²) in [6.45, 7) is 1.89. The predicted octanol–water partition coefficient (Wildman–Crippen LogP) is 3.51. The van der Waals surface area contributed by atoms with Gasteiger partial charge in [-0.05, 0) is 49.5 Å². The van der Waals surface area contributed by atoms with Crippen LogP contribution in [-0.2, 0) is 0 Å². The van der Waals surface area contributed by atoms with E-state index >= 15 is 0 Å².